The van der Waals surface area contributed by atoms with Gasteiger partial charge in [-0.15, -0.1) is 0 Å². The third-order valence-corrected chi connectivity index (χ3v) is 4.84. The molecule has 32 heavy (non-hydrogen) atoms. The van der Waals surface area contributed by atoms with Crippen LogP contribution in [0, 0.1) is 11.6 Å². The quantitative estimate of drug-likeness (QED) is 0.467. The largest absolute Gasteiger partial charge is 0.493 e. The molecule has 4 rings (SSSR count). The molecule has 1 aromatic carbocycles. The summed E-state index contributed by atoms with van der Waals surface area (Å²) in [5.74, 6) is -1.87. The lowest BCUT2D eigenvalue weighted by atomic mass is 10.2. The maximum atomic E-state index is 15.1. The van der Waals surface area contributed by atoms with Gasteiger partial charge in [-0.3, -0.25) is 9.67 Å². The van der Waals surface area contributed by atoms with Gasteiger partial charge in [-0.25, -0.2) is 18.7 Å². The van der Waals surface area contributed by atoms with Gasteiger partial charge >= 0.3 is 0 Å². The predicted octanol–water partition coefficient (Wildman–Crippen LogP) is 2.82. The summed E-state index contributed by atoms with van der Waals surface area (Å²) in [7, 11) is 4.37. The number of anilines is 2. The summed E-state index contributed by atoms with van der Waals surface area (Å²) in [5, 5.41) is 4.13. The zero-order valence-electron chi connectivity index (χ0n) is 17.7. The van der Waals surface area contributed by atoms with Crippen molar-refractivity contribution in [2.75, 3.05) is 32.2 Å². The number of fused-ring (bicyclic) bond motifs is 1. The van der Waals surface area contributed by atoms with Crippen molar-refractivity contribution in [2.45, 2.75) is 0 Å². The molecule has 0 saturated heterocycles. The summed E-state index contributed by atoms with van der Waals surface area (Å²) in [6.45, 7) is 0.192. The van der Waals surface area contributed by atoms with Crippen LogP contribution in [-0.4, -0.2) is 52.0 Å². The van der Waals surface area contributed by atoms with E-state index in [0.717, 1.165) is 11.6 Å². The van der Waals surface area contributed by atoms with Crippen molar-refractivity contribution in [3.63, 3.8) is 0 Å². The maximum Gasteiger partial charge on any atom is 0.191 e. The van der Waals surface area contributed by atoms with Crippen LogP contribution in [0.2, 0.25) is 0 Å². The summed E-state index contributed by atoms with van der Waals surface area (Å²) in [4.78, 5) is 14.8. The monoisotopic (exact) mass is 441 g/mol. The van der Waals surface area contributed by atoms with Crippen molar-refractivity contribution in [3.05, 3.63) is 48.4 Å². The van der Waals surface area contributed by atoms with E-state index in [0.29, 0.717) is 16.9 Å². The molecule has 0 unspecified atom stereocenters. The van der Waals surface area contributed by atoms with Crippen molar-refractivity contribution in [1.82, 2.24) is 24.7 Å². The molecule has 2 N–H and O–H groups in total. The Balaban J connectivity index is 1.86. The van der Waals surface area contributed by atoms with E-state index in [2.05, 4.69) is 20.1 Å². The van der Waals surface area contributed by atoms with E-state index in [1.54, 1.807) is 42.5 Å². The van der Waals surface area contributed by atoms with Crippen molar-refractivity contribution in [1.29, 1.82) is 0 Å². The Hall–Kier alpha value is -3.86. The van der Waals surface area contributed by atoms with E-state index in [4.69, 9.17) is 15.2 Å². The van der Waals surface area contributed by atoms with Crippen LogP contribution in [0.4, 0.5) is 20.3 Å². The Morgan fingerprint density at radius 2 is 1.78 bits per heavy atom. The molecular weight excluding hydrogens is 420 g/mol. The molecule has 0 bridgehead atoms. The van der Waals surface area contributed by atoms with Gasteiger partial charge in [-0.05, 0) is 12.1 Å². The molecule has 0 aliphatic rings. The smallest absolute Gasteiger partial charge is 0.191 e. The van der Waals surface area contributed by atoms with E-state index in [1.807, 2.05) is 0 Å². The van der Waals surface area contributed by atoms with Crippen LogP contribution in [0.5, 0.6) is 11.5 Å². The van der Waals surface area contributed by atoms with Gasteiger partial charge in [-0.1, -0.05) is 0 Å². The van der Waals surface area contributed by atoms with E-state index in [1.165, 1.54) is 19.1 Å². The average Bonchev–Trinajstić information content (AvgIpc) is 3.24. The molecule has 0 saturated carbocycles. The molecule has 0 spiro atoms. The summed E-state index contributed by atoms with van der Waals surface area (Å²) in [6.07, 6.45) is 5.08. The molecule has 9 nitrogen and oxygen atoms in total. The van der Waals surface area contributed by atoms with E-state index < -0.39 is 11.6 Å². The summed E-state index contributed by atoms with van der Waals surface area (Å²) >= 11 is 0. The number of ether oxygens (including phenoxy) is 2. The van der Waals surface area contributed by atoms with Crippen LogP contribution in [0.25, 0.3) is 22.4 Å². The van der Waals surface area contributed by atoms with Crippen LogP contribution in [0.15, 0.2) is 36.8 Å². The molecule has 0 atom stereocenters. The number of methoxy groups -OCH3 is 2. The van der Waals surface area contributed by atoms with E-state index >= 15 is 8.78 Å². The Morgan fingerprint density at radius 1 is 1.06 bits per heavy atom. The third kappa shape index (κ3) is 3.78. The Labute approximate surface area is 182 Å². The molecule has 11 heteroatoms. The van der Waals surface area contributed by atoms with Gasteiger partial charge in [0.1, 0.15) is 17.0 Å². The van der Waals surface area contributed by atoms with Gasteiger partial charge in [0.15, 0.2) is 28.8 Å². The van der Waals surface area contributed by atoms with Crippen LogP contribution < -0.4 is 20.1 Å². The molecule has 0 amide bonds. The Morgan fingerprint density at radius 3 is 2.38 bits per heavy atom. The van der Waals surface area contributed by atoms with Gasteiger partial charge in [0, 0.05) is 38.0 Å². The SMILES string of the molecule is COc1cc(OC)c(F)c(N(CCN)c2ccc3ncc(-c4cnn(C)c4)nc3n2)c1F. The Kier molecular flexibility index (Phi) is 5.82. The molecule has 0 aliphatic carbocycles. The maximum absolute atomic E-state index is 15.1. The highest BCUT2D eigenvalue weighted by molar-refractivity contribution is 5.77. The minimum absolute atomic E-state index is 0.0817. The van der Waals surface area contributed by atoms with Crippen molar-refractivity contribution >= 4 is 22.7 Å². The fourth-order valence-corrected chi connectivity index (χ4v) is 3.31. The normalized spacial score (nSPS) is 11.1. The van der Waals surface area contributed by atoms with Gasteiger partial charge in [0.05, 0.1) is 32.3 Å². The lowest BCUT2D eigenvalue weighted by molar-refractivity contribution is 0.359. The first-order valence-corrected chi connectivity index (χ1v) is 9.67. The summed E-state index contributed by atoms with van der Waals surface area (Å²) < 4.78 is 42.0. The first kappa shape index (κ1) is 21.4. The second-order valence-electron chi connectivity index (χ2n) is 6.87. The molecular formula is C21H21F2N7O2. The zero-order chi connectivity index (χ0) is 22.8. The zero-order valence-corrected chi connectivity index (χ0v) is 17.7. The van der Waals surface area contributed by atoms with E-state index in [-0.39, 0.29) is 36.1 Å². The molecule has 166 valence electrons. The van der Waals surface area contributed by atoms with E-state index in [9.17, 15) is 0 Å². The highest BCUT2D eigenvalue weighted by Gasteiger charge is 2.26. The Bertz CT molecular complexity index is 1250. The third-order valence-electron chi connectivity index (χ3n) is 4.84. The second kappa shape index (κ2) is 8.71. The standard InChI is InChI=1S/C21H21F2N7O2/c1-29-11-12(9-26-29)14-10-25-13-4-5-17(28-21(13)27-14)30(7-6-24)20-18(22)15(31-2)8-16(32-3)19(20)23/h4-5,8-11H,6-7,24H2,1-3H3. The number of benzene rings is 1. The molecule has 0 aliphatic heterocycles. The van der Waals surface area contributed by atoms with Gasteiger partial charge in [0.25, 0.3) is 0 Å². The van der Waals surface area contributed by atoms with Crippen molar-refractivity contribution in [3.8, 4) is 22.8 Å². The molecule has 3 aromatic heterocycles. The number of aryl methyl sites for hydroxylation is 1. The number of hydrogen-bond acceptors (Lipinski definition) is 8. The molecule has 0 radical (unpaired) electrons. The highest BCUT2D eigenvalue weighted by Crippen LogP contribution is 2.39. The highest BCUT2D eigenvalue weighted by atomic mass is 19.1. The predicted molar refractivity (Wildman–Crippen MR) is 115 cm³/mol. The van der Waals surface area contributed by atoms with Gasteiger partial charge in [-0.2, -0.15) is 5.10 Å². The number of rotatable bonds is 7. The summed E-state index contributed by atoms with van der Waals surface area (Å²) in [6, 6.07) is 4.42. The number of nitrogens with two attached hydrogens (primary N) is 1. The molecule has 0 fully saturated rings. The number of aromatic nitrogens is 5. The van der Waals surface area contributed by atoms with Crippen molar-refractivity contribution in [2.24, 2.45) is 12.8 Å². The lowest BCUT2D eigenvalue weighted by Gasteiger charge is -2.25. The second-order valence-corrected chi connectivity index (χ2v) is 6.87. The number of halogens is 2. The molecule has 4 aromatic rings. The minimum Gasteiger partial charge on any atom is -0.493 e. The fraction of sp³-hybridized carbons (Fsp3) is 0.238. The number of pyridine rings is 1. The lowest BCUT2D eigenvalue weighted by Crippen LogP contribution is -2.27. The van der Waals surface area contributed by atoms with Crippen molar-refractivity contribution < 1.29 is 18.3 Å². The average molecular weight is 441 g/mol. The first-order valence-electron chi connectivity index (χ1n) is 9.67. The van der Waals surface area contributed by atoms with Crippen LogP contribution in [0.1, 0.15) is 0 Å². The van der Waals surface area contributed by atoms with Crippen LogP contribution >= 0.6 is 0 Å². The molecule has 3 heterocycles. The van der Waals surface area contributed by atoms with Crippen LogP contribution in [0.3, 0.4) is 0 Å². The van der Waals surface area contributed by atoms with Gasteiger partial charge < -0.3 is 20.1 Å². The summed E-state index contributed by atoms with van der Waals surface area (Å²) in [5.41, 5.74) is 7.54. The fourth-order valence-electron chi connectivity index (χ4n) is 3.31. The van der Waals surface area contributed by atoms with Crippen LogP contribution in [-0.2, 0) is 7.05 Å². The first-order chi connectivity index (χ1) is 15.5. The minimum atomic E-state index is -0.892. The van der Waals surface area contributed by atoms with Gasteiger partial charge in [0.2, 0.25) is 0 Å². The number of hydrogen-bond donors (Lipinski definition) is 1. The number of nitrogens with zero attached hydrogens (tertiary/aromatic N) is 6. The topological polar surface area (TPSA) is 104 Å².